The molecule has 5 heteroatoms. The van der Waals surface area contributed by atoms with E-state index in [1.807, 2.05) is 44.2 Å². The van der Waals surface area contributed by atoms with Crippen molar-refractivity contribution in [1.29, 1.82) is 0 Å². The molecule has 0 radical (unpaired) electrons. The van der Waals surface area contributed by atoms with Gasteiger partial charge in [-0.2, -0.15) is 0 Å². The zero-order valence-corrected chi connectivity index (χ0v) is 17.2. The molecule has 1 aliphatic carbocycles. The van der Waals surface area contributed by atoms with Gasteiger partial charge in [-0.25, -0.2) is 0 Å². The summed E-state index contributed by atoms with van der Waals surface area (Å²) < 4.78 is 0. The van der Waals surface area contributed by atoms with Gasteiger partial charge in [0.15, 0.2) is 0 Å². The van der Waals surface area contributed by atoms with Crippen LogP contribution in [0.1, 0.15) is 42.0 Å². The molecule has 4 N–H and O–H groups in total. The SMILES string of the molecule is C/C(=C\c1cc(C)c(-c2ccc(CC(N)C(=O)O)cc2)cc1C)C(=O)NC1CC1. The van der Waals surface area contributed by atoms with Crippen molar-refractivity contribution in [3.63, 3.8) is 0 Å². The summed E-state index contributed by atoms with van der Waals surface area (Å²) in [7, 11) is 0. The highest BCUT2D eigenvalue weighted by Gasteiger charge is 2.23. The number of nitrogens with one attached hydrogen (secondary N) is 1. The summed E-state index contributed by atoms with van der Waals surface area (Å²) >= 11 is 0. The van der Waals surface area contributed by atoms with Crippen LogP contribution in [0.4, 0.5) is 0 Å². The van der Waals surface area contributed by atoms with E-state index in [-0.39, 0.29) is 5.91 Å². The third kappa shape index (κ3) is 5.33. The molecule has 0 aliphatic heterocycles. The van der Waals surface area contributed by atoms with Crippen molar-refractivity contribution < 1.29 is 14.7 Å². The summed E-state index contributed by atoms with van der Waals surface area (Å²) in [5.74, 6) is -0.992. The van der Waals surface area contributed by atoms with Gasteiger partial charge in [0.25, 0.3) is 0 Å². The van der Waals surface area contributed by atoms with Crippen LogP contribution in [0.5, 0.6) is 0 Å². The smallest absolute Gasteiger partial charge is 0.320 e. The normalized spacial score (nSPS) is 15.1. The van der Waals surface area contributed by atoms with Crippen LogP contribution in [0.25, 0.3) is 17.2 Å². The second-order valence-electron chi connectivity index (χ2n) is 7.94. The van der Waals surface area contributed by atoms with Gasteiger partial charge in [0.2, 0.25) is 5.91 Å². The molecule has 1 saturated carbocycles. The zero-order chi connectivity index (χ0) is 21.1. The minimum Gasteiger partial charge on any atom is -0.480 e. The maximum absolute atomic E-state index is 12.2. The molecule has 3 rings (SSSR count). The fourth-order valence-corrected chi connectivity index (χ4v) is 3.29. The van der Waals surface area contributed by atoms with Crippen LogP contribution in [0.3, 0.4) is 0 Å². The number of nitrogens with two attached hydrogens (primary N) is 1. The number of benzene rings is 2. The second-order valence-corrected chi connectivity index (χ2v) is 7.94. The third-order valence-electron chi connectivity index (χ3n) is 5.29. The number of amides is 1. The van der Waals surface area contributed by atoms with E-state index in [1.54, 1.807) is 0 Å². The summed E-state index contributed by atoms with van der Waals surface area (Å²) in [6.07, 6.45) is 4.40. The molecule has 0 heterocycles. The summed E-state index contributed by atoms with van der Waals surface area (Å²) in [6.45, 7) is 5.95. The van der Waals surface area contributed by atoms with Gasteiger partial charge in [0.05, 0.1) is 0 Å². The summed E-state index contributed by atoms with van der Waals surface area (Å²) in [4.78, 5) is 23.1. The standard InChI is InChI=1S/C24H28N2O3/c1-14-12-21(18-6-4-17(5-7-18)13-22(25)24(28)29)15(2)10-19(14)11-16(3)23(27)26-20-8-9-20/h4-7,10-12,20,22H,8-9,13,25H2,1-3H3,(H,26,27)(H,28,29)/b16-11+. The minimum atomic E-state index is -0.995. The van der Waals surface area contributed by atoms with Crippen LogP contribution in [0, 0.1) is 13.8 Å². The largest absolute Gasteiger partial charge is 0.480 e. The highest BCUT2D eigenvalue weighted by Crippen LogP contribution is 2.28. The average Bonchev–Trinajstić information content (AvgIpc) is 3.49. The van der Waals surface area contributed by atoms with Crippen molar-refractivity contribution >= 4 is 18.0 Å². The minimum absolute atomic E-state index is 0.00351. The molecule has 5 nitrogen and oxygen atoms in total. The summed E-state index contributed by atoms with van der Waals surface area (Å²) in [5.41, 5.74) is 12.7. The number of hydrogen-bond donors (Lipinski definition) is 3. The van der Waals surface area contributed by atoms with Crippen LogP contribution < -0.4 is 11.1 Å². The van der Waals surface area contributed by atoms with Crippen LogP contribution in [-0.4, -0.2) is 29.1 Å². The molecular formula is C24H28N2O3. The van der Waals surface area contributed by atoms with Crippen molar-refractivity contribution in [3.8, 4) is 11.1 Å². The highest BCUT2D eigenvalue weighted by atomic mass is 16.4. The third-order valence-corrected chi connectivity index (χ3v) is 5.29. The van der Waals surface area contributed by atoms with Crippen molar-refractivity contribution in [3.05, 3.63) is 64.2 Å². The van der Waals surface area contributed by atoms with Gasteiger partial charge < -0.3 is 16.2 Å². The van der Waals surface area contributed by atoms with Crippen LogP contribution in [0.15, 0.2) is 42.0 Å². The zero-order valence-electron chi connectivity index (χ0n) is 17.2. The Kier molecular flexibility index (Phi) is 6.18. The Morgan fingerprint density at radius 1 is 1.17 bits per heavy atom. The Labute approximate surface area is 171 Å². The number of aliphatic carboxylic acids is 1. The molecule has 1 unspecified atom stereocenters. The lowest BCUT2D eigenvalue weighted by Crippen LogP contribution is -2.32. The van der Waals surface area contributed by atoms with Crippen molar-refractivity contribution in [2.24, 2.45) is 5.73 Å². The van der Waals surface area contributed by atoms with E-state index in [9.17, 15) is 9.59 Å². The summed E-state index contributed by atoms with van der Waals surface area (Å²) in [6, 6.07) is 11.5. The molecule has 2 aromatic carbocycles. The van der Waals surface area contributed by atoms with Crippen molar-refractivity contribution in [2.45, 2.75) is 52.1 Å². The quantitative estimate of drug-likeness (QED) is 0.628. The molecule has 29 heavy (non-hydrogen) atoms. The molecule has 1 aliphatic rings. The Morgan fingerprint density at radius 2 is 1.83 bits per heavy atom. The predicted molar refractivity (Wildman–Crippen MR) is 115 cm³/mol. The molecule has 0 bridgehead atoms. The Balaban J connectivity index is 1.80. The van der Waals surface area contributed by atoms with E-state index in [1.165, 1.54) is 0 Å². The molecular weight excluding hydrogens is 364 g/mol. The van der Waals surface area contributed by atoms with Gasteiger partial charge in [-0.05, 0) is 79.5 Å². The Bertz CT molecular complexity index is 957. The second kappa shape index (κ2) is 8.62. The Hall–Kier alpha value is -2.92. The van der Waals surface area contributed by atoms with Crippen LogP contribution >= 0.6 is 0 Å². The number of aryl methyl sites for hydroxylation is 2. The maximum atomic E-state index is 12.2. The fraction of sp³-hybridized carbons (Fsp3) is 0.333. The first-order valence-corrected chi connectivity index (χ1v) is 9.92. The topological polar surface area (TPSA) is 92.4 Å². The molecule has 2 aromatic rings. The van der Waals surface area contributed by atoms with E-state index >= 15 is 0 Å². The van der Waals surface area contributed by atoms with Crippen LogP contribution in [-0.2, 0) is 16.0 Å². The number of carboxylic acids is 1. The number of carboxylic acid groups (broad SMARTS) is 1. The number of hydrogen-bond acceptors (Lipinski definition) is 3. The highest BCUT2D eigenvalue weighted by molar-refractivity contribution is 5.97. The number of rotatable bonds is 7. The monoisotopic (exact) mass is 392 g/mol. The van der Waals surface area contributed by atoms with E-state index in [2.05, 4.69) is 24.4 Å². The van der Waals surface area contributed by atoms with Gasteiger partial charge >= 0.3 is 5.97 Å². The molecule has 152 valence electrons. The molecule has 0 aromatic heterocycles. The summed E-state index contributed by atoms with van der Waals surface area (Å²) in [5, 5.41) is 12.0. The lowest BCUT2D eigenvalue weighted by Gasteiger charge is -2.13. The van der Waals surface area contributed by atoms with Crippen LogP contribution in [0.2, 0.25) is 0 Å². The van der Waals surface area contributed by atoms with Gasteiger partial charge in [-0.1, -0.05) is 36.4 Å². The van der Waals surface area contributed by atoms with E-state index < -0.39 is 12.0 Å². The number of carbonyl (C=O) groups is 2. The number of carbonyl (C=O) groups excluding carboxylic acids is 1. The van der Waals surface area contributed by atoms with E-state index in [4.69, 9.17) is 10.8 Å². The Morgan fingerprint density at radius 3 is 2.41 bits per heavy atom. The van der Waals surface area contributed by atoms with Gasteiger partial charge in [0.1, 0.15) is 6.04 Å². The van der Waals surface area contributed by atoms with E-state index in [0.717, 1.165) is 46.2 Å². The first kappa shape index (κ1) is 20.8. The average molecular weight is 392 g/mol. The molecule has 1 amide bonds. The molecule has 0 spiro atoms. The lowest BCUT2D eigenvalue weighted by molar-refractivity contribution is -0.138. The van der Waals surface area contributed by atoms with Gasteiger partial charge in [-0.3, -0.25) is 9.59 Å². The van der Waals surface area contributed by atoms with Gasteiger partial charge in [-0.15, -0.1) is 0 Å². The first-order chi connectivity index (χ1) is 13.7. The molecule has 1 fully saturated rings. The predicted octanol–water partition coefficient (Wildman–Crippen LogP) is 3.61. The van der Waals surface area contributed by atoms with Gasteiger partial charge in [0, 0.05) is 11.6 Å². The van der Waals surface area contributed by atoms with Crippen molar-refractivity contribution in [1.82, 2.24) is 5.32 Å². The van der Waals surface area contributed by atoms with E-state index in [0.29, 0.717) is 18.0 Å². The first-order valence-electron chi connectivity index (χ1n) is 9.92. The molecule has 0 saturated heterocycles. The molecule has 1 atom stereocenters. The fourth-order valence-electron chi connectivity index (χ4n) is 3.29. The van der Waals surface area contributed by atoms with Crippen molar-refractivity contribution in [2.75, 3.05) is 0 Å². The maximum Gasteiger partial charge on any atom is 0.320 e. The lowest BCUT2D eigenvalue weighted by atomic mass is 9.93.